The number of carbonyl (C=O) groups excluding carboxylic acids is 1. The fraction of sp³-hybridized carbons (Fsp3) is 0.500. The molecule has 1 atom stereocenters. The number of rotatable bonds is 6. The zero-order valence-electron chi connectivity index (χ0n) is 15.5. The van der Waals surface area contributed by atoms with Gasteiger partial charge in [0.25, 0.3) is 0 Å². The number of likely N-dealkylation sites (tertiary alicyclic amines) is 1. The van der Waals surface area contributed by atoms with E-state index in [1.165, 1.54) is 12.7 Å². The predicted molar refractivity (Wildman–Crippen MR) is 99.5 cm³/mol. The Hall–Kier alpha value is -2.34. The summed E-state index contributed by atoms with van der Waals surface area (Å²) in [6.45, 7) is 5.23. The van der Waals surface area contributed by atoms with Crippen LogP contribution in [0.2, 0.25) is 0 Å². The molecule has 0 N–H and O–H groups in total. The molecule has 0 aliphatic carbocycles. The topological polar surface area (TPSA) is 68.2 Å². The first-order valence-corrected chi connectivity index (χ1v) is 9.20. The van der Waals surface area contributed by atoms with E-state index < -0.39 is 0 Å². The molecule has 0 aromatic carbocycles. The Morgan fingerprint density at radius 3 is 2.65 bits per heavy atom. The van der Waals surface area contributed by atoms with Gasteiger partial charge in [-0.1, -0.05) is 13.0 Å². The summed E-state index contributed by atoms with van der Waals surface area (Å²) in [5.74, 6) is 0.465. The molecule has 2 aromatic heterocycles. The summed E-state index contributed by atoms with van der Waals surface area (Å²) in [5, 5.41) is 7.69. The standard InChI is InChI=1S/C20H26N4O2/c1-15(6-10-24-11-7-16(8-12-24)20(25)26-2)17-3-4-19(21-13-17)18-5-9-22-23-14-18/h3-5,9,13-16H,6-8,10-12H2,1-2H3/t15-/m1/s1. The summed E-state index contributed by atoms with van der Waals surface area (Å²) in [5.41, 5.74) is 3.15. The van der Waals surface area contributed by atoms with E-state index in [2.05, 4.69) is 33.1 Å². The minimum atomic E-state index is -0.0615. The first kappa shape index (κ1) is 18.5. The van der Waals surface area contributed by atoms with Gasteiger partial charge >= 0.3 is 5.97 Å². The molecule has 6 nitrogen and oxygen atoms in total. The van der Waals surface area contributed by atoms with Crippen LogP contribution < -0.4 is 0 Å². The van der Waals surface area contributed by atoms with Crippen molar-refractivity contribution in [2.24, 2.45) is 5.92 Å². The molecule has 1 aliphatic heterocycles. The van der Waals surface area contributed by atoms with Crippen molar-refractivity contribution in [3.8, 4) is 11.3 Å². The summed E-state index contributed by atoms with van der Waals surface area (Å²) in [4.78, 5) is 18.6. The molecule has 3 rings (SSSR count). The number of methoxy groups -OCH3 is 1. The molecule has 2 aromatic rings. The van der Waals surface area contributed by atoms with Crippen LogP contribution in [0.15, 0.2) is 36.8 Å². The lowest BCUT2D eigenvalue weighted by atomic mass is 9.95. The van der Waals surface area contributed by atoms with E-state index in [4.69, 9.17) is 4.74 Å². The van der Waals surface area contributed by atoms with E-state index >= 15 is 0 Å². The third-order valence-electron chi connectivity index (χ3n) is 5.24. The monoisotopic (exact) mass is 354 g/mol. The fourth-order valence-electron chi connectivity index (χ4n) is 3.41. The Bertz CT molecular complexity index is 698. The second-order valence-corrected chi connectivity index (χ2v) is 6.94. The lowest BCUT2D eigenvalue weighted by Gasteiger charge is -2.31. The number of hydrogen-bond donors (Lipinski definition) is 0. The summed E-state index contributed by atoms with van der Waals surface area (Å²) < 4.78 is 4.85. The van der Waals surface area contributed by atoms with Gasteiger partial charge in [0, 0.05) is 11.8 Å². The van der Waals surface area contributed by atoms with Crippen LogP contribution in [-0.2, 0) is 9.53 Å². The van der Waals surface area contributed by atoms with Crippen LogP contribution in [0.25, 0.3) is 11.3 Å². The van der Waals surface area contributed by atoms with Crippen molar-refractivity contribution in [3.63, 3.8) is 0 Å². The molecule has 1 aliphatic rings. The number of ether oxygens (including phenoxy) is 1. The number of nitrogens with zero attached hydrogens (tertiary/aromatic N) is 4. The van der Waals surface area contributed by atoms with Gasteiger partial charge in [0.2, 0.25) is 0 Å². The predicted octanol–water partition coefficient (Wildman–Crippen LogP) is 2.92. The molecule has 0 amide bonds. The quantitative estimate of drug-likeness (QED) is 0.743. The summed E-state index contributed by atoms with van der Waals surface area (Å²) in [7, 11) is 1.47. The van der Waals surface area contributed by atoms with Gasteiger partial charge in [0.1, 0.15) is 0 Å². The number of piperidine rings is 1. The molecule has 0 saturated carbocycles. The van der Waals surface area contributed by atoms with E-state index in [9.17, 15) is 4.79 Å². The number of pyridine rings is 1. The number of aromatic nitrogens is 3. The van der Waals surface area contributed by atoms with Gasteiger partial charge in [-0.25, -0.2) is 0 Å². The van der Waals surface area contributed by atoms with Gasteiger partial charge in [-0.2, -0.15) is 10.2 Å². The number of hydrogen-bond acceptors (Lipinski definition) is 6. The van der Waals surface area contributed by atoms with Crippen molar-refractivity contribution in [2.75, 3.05) is 26.7 Å². The average Bonchev–Trinajstić information content (AvgIpc) is 2.72. The van der Waals surface area contributed by atoms with Crippen molar-refractivity contribution in [1.82, 2.24) is 20.1 Å². The Morgan fingerprint density at radius 1 is 1.23 bits per heavy atom. The zero-order chi connectivity index (χ0) is 18.4. The molecule has 26 heavy (non-hydrogen) atoms. The van der Waals surface area contributed by atoms with Gasteiger partial charge in [0.15, 0.2) is 0 Å². The minimum absolute atomic E-state index is 0.0615. The molecule has 1 saturated heterocycles. The molecular formula is C20H26N4O2. The van der Waals surface area contributed by atoms with E-state index in [1.54, 1.807) is 12.4 Å². The Morgan fingerprint density at radius 2 is 2.04 bits per heavy atom. The molecule has 6 heteroatoms. The maximum Gasteiger partial charge on any atom is 0.308 e. The second kappa shape index (κ2) is 8.85. The molecule has 3 heterocycles. The van der Waals surface area contributed by atoms with E-state index in [0.29, 0.717) is 5.92 Å². The zero-order valence-corrected chi connectivity index (χ0v) is 15.5. The highest BCUT2D eigenvalue weighted by Crippen LogP contribution is 2.24. The van der Waals surface area contributed by atoms with E-state index in [-0.39, 0.29) is 11.9 Å². The van der Waals surface area contributed by atoms with Crippen molar-refractivity contribution in [3.05, 3.63) is 42.4 Å². The van der Waals surface area contributed by atoms with Crippen LogP contribution in [0.1, 0.15) is 37.7 Å². The van der Waals surface area contributed by atoms with Crippen molar-refractivity contribution in [2.45, 2.75) is 32.1 Å². The van der Waals surface area contributed by atoms with Crippen LogP contribution in [0.5, 0.6) is 0 Å². The van der Waals surface area contributed by atoms with Gasteiger partial charge in [0.05, 0.1) is 31.1 Å². The van der Waals surface area contributed by atoms with Crippen molar-refractivity contribution < 1.29 is 9.53 Å². The maximum atomic E-state index is 11.6. The lowest BCUT2D eigenvalue weighted by molar-refractivity contribution is -0.147. The summed E-state index contributed by atoms with van der Waals surface area (Å²) in [6.07, 6.45) is 8.25. The van der Waals surface area contributed by atoms with Crippen LogP contribution in [0.4, 0.5) is 0 Å². The van der Waals surface area contributed by atoms with E-state index in [1.807, 2.05) is 18.3 Å². The highest BCUT2D eigenvalue weighted by molar-refractivity contribution is 5.72. The highest BCUT2D eigenvalue weighted by Gasteiger charge is 2.25. The number of carbonyl (C=O) groups is 1. The van der Waals surface area contributed by atoms with Crippen molar-refractivity contribution >= 4 is 5.97 Å². The third kappa shape index (κ3) is 4.64. The molecule has 0 radical (unpaired) electrons. The molecule has 0 bridgehead atoms. The first-order valence-electron chi connectivity index (χ1n) is 9.20. The molecule has 0 spiro atoms. The first-order chi connectivity index (χ1) is 12.7. The van der Waals surface area contributed by atoms with Gasteiger partial charge in [-0.05, 0) is 62.5 Å². The van der Waals surface area contributed by atoms with Crippen LogP contribution >= 0.6 is 0 Å². The molecule has 0 unspecified atom stereocenters. The van der Waals surface area contributed by atoms with Gasteiger partial charge in [-0.15, -0.1) is 0 Å². The Kier molecular flexibility index (Phi) is 6.28. The minimum Gasteiger partial charge on any atom is -0.469 e. The number of esters is 1. The van der Waals surface area contributed by atoms with Crippen LogP contribution in [-0.4, -0.2) is 52.8 Å². The molecule has 1 fully saturated rings. The largest absolute Gasteiger partial charge is 0.469 e. The van der Waals surface area contributed by atoms with Crippen molar-refractivity contribution in [1.29, 1.82) is 0 Å². The normalized spacial score (nSPS) is 17.0. The fourth-order valence-corrected chi connectivity index (χ4v) is 3.41. The lowest BCUT2D eigenvalue weighted by Crippen LogP contribution is -2.37. The summed E-state index contributed by atoms with van der Waals surface area (Å²) in [6, 6.07) is 6.11. The molecule has 138 valence electrons. The highest BCUT2D eigenvalue weighted by atomic mass is 16.5. The van der Waals surface area contributed by atoms with E-state index in [0.717, 1.165) is 50.2 Å². The van der Waals surface area contributed by atoms with Gasteiger partial charge in [-0.3, -0.25) is 9.78 Å². The van der Waals surface area contributed by atoms with Crippen LogP contribution in [0, 0.1) is 5.92 Å². The SMILES string of the molecule is COC(=O)C1CCN(CC[C@@H](C)c2ccc(-c3ccnnc3)nc2)CC1. The smallest absolute Gasteiger partial charge is 0.308 e. The molecular weight excluding hydrogens is 328 g/mol. The Balaban J connectivity index is 1.48. The Labute approximate surface area is 154 Å². The average molecular weight is 354 g/mol. The van der Waals surface area contributed by atoms with Gasteiger partial charge < -0.3 is 9.64 Å². The second-order valence-electron chi connectivity index (χ2n) is 6.94. The van der Waals surface area contributed by atoms with Crippen LogP contribution in [0.3, 0.4) is 0 Å². The summed E-state index contributed by atoms with van der Waals surface area (Å²) >= 11 is 0. The maximum absolute atomic E-state index is 11.6. The third-order valence-corrected chi connectivity index (χ3v) is 5.24.